The van der Waals surface area contributed by atoms with Gasteiger partial charge in [0.15, 0.2) is 0 Å². The first-order valence-electron chi connectivity index (χ1n) is 13.4. The highest BCUT2D eigenvalue weighted by Gasteiger charge is 2.35. The van der Waals surface area contributed by atoms with Gasteiger partial charge in [-0.2, -0.15) is 13.2 Å². The number of nitrogens with zero attached hydrogens (tertiary/aromatic N) is 2. The number of alkyl halides is 3. The molecule has 0 bridgehead atoms. The van der Waals surface area contributed by atoms with Gasteiger partial charge in [-0.25, -0.2) is 9.18 Å². The van der Waals surface area contributed by atoms with Gasteiger partial charge in [0, 0.05) is 23.7 Å². The quantitative estimate of drug-likeness (QED) is 0.152. The van der Waals surface area contributed by atoms with Crippen LogP contribution in [0, 0.1) is 5.82 Å². The Morgan fingerprint density at radius 2 is 1.73 bits per heavy atom. The summed E-state index contributed by atoms with van der Waals surface area (Å²) in [7, 11) is 1.36. The molecular formula is C31H28ClF4N3O5. The minimum atomic E-state index is -4.91. The number of benzene rings is 3. The Hall–Kier alpha value is -4.42. The van der Waals surface area contributed by atoms with E-state index in [0.717, 1.165) is 27.5 Å². The summed E-state index contributed by atoms with van der Waals surface area (Å²) in [5.74, 6) is -1.95. The molecule has 0 aliphatic carbocycles. The van der Waals surface area contributed by atoms with Crippen LogP contribution >= 0.6 is 11.6 Å². The number of halogens is 5. The van der Waals surface area contributed by atoms with E-state index in [9.17, 15) is 31.9 Å². The number of nitrogens with one attached hydrogen (secondary N) is 1. The first kappa shape index (κ1) is 32.5. The van der Waals surface area contributed by atoms with Crippen LogP contribution in [-0.4, -0.2) is 33.9 Å². The molecule has 44 heavy (non-hydrogen) atoms. The monoisotopic (exact) mass is 633 g/mol. The summed E-state index contributed by atoms with van der Waals surface area (Å²) in [5, 5.41) is 12.2. The molecule has 0 saturated heterocycles. The smallest absolute Gasteiger partial charge is 0.416 e. The molecule has 13 heteroatoms. The third-order valence-electron chi connectivity index (χ3n) is 6.99. The molecule has 2 N–H and O–H groups in total. The van der Waals surface area contributed by atoms with Crippen LogP contribution < -0.4 is 21.3 Å². The first-order chi connectivity index (χ1) is 20.9. The Bertz CT molecular complexity index is 1760. The fourth-order valence-corrected chi connectivity index (χ4v) is 5.12. The van der Waals surface area contributed by atoms with E-state index >= 15 is 0 Å². The molecule has 0 aliphatic heterocycles. The normalized spacial score (nSPS) is 12.2. The molecular weight excluding hydrogens is 606 g/mol. The van der Waals surface area contributed by atoms with Crippen molar-refractivity contribution in [3.8, 4) is 16.9 Å². The van der Waals surface area contributed by atoms with Crippen molar-refractivity contribution >= 4 is 17.6 Å². The van der Waals surface area contributed by atoms with Crippen molar-refractivity contribution in [2.24, 2.45) is 0 Å². The standard InChI is InChI=1S/C31H28ClF4N3O5/c1-44-26-13-5-10-20(28(26)32)21-16-38(17-22-23(31(34,35)36)11-6-12-24(22)33)30(43)39(29(21)42)18-25(19-8-3-2-4-9-19)37-15-7-14-27(40)41/h2-6,8-13,16,25,37H,7,14-15,17-18H2,1H3,(H,40,41)/t25-/m1/s1. The zero-order valence-corrected chi connectivity index (χ0v) is 24.2. The maximum absolute atomic E-state index is 14.9. The average molecular weight is 634 g/mol. The van der Waals surface area contributed by atoms with Crippen molar-refractivity contribution in [1.29, 1.82) is 0 Å². The summed E-state index contributed by atoms with van der Waals surface area (Å²) >= 11 is 6.51. The van der Waals surface area contributed by atoms with Gasteiger partial charge in [-0.3, -0.25) is 18.7 Å². The molecule has 0 spiro atoms. The summed E-state index contributed by atoms with van der Waals surface area (Å²) in [6, 6.07) is 15.1. The summed E-state index contributed by atoms with van der Waals surface area (Å²) in [6.07, 6.45) is -3.71. The predicted octanol–water partition coefficient (Wildman–Crippen LogP) is 5.74. The molecule has 8 nitrogen and oxygen atoms in total. The van der Waals surface area contributed by atoms with Crippen LogP contribution in [0.1, 0.15) is 35.6 Å². The molecule has 0 unspecified atom stereocenters. The minimum absolute atomic E-state index is 0.0251. The Balaban J connectivity index is 1.90. The van der Waals surface area contributed by atoms with Gasteiger partial charge < -0.3 is 15.2 Å². The molecule has 0 aliphatic rings. The van der Waals surface area contributed by atoms with Crippen molar-refractivity contribution in [2.45, 2.75) is 38.1 Å². The van der Waals surface area contributed by atoms with E-state index in [0.29, 0.717) is 11.6 Å². The van der Waals surface area contributed by atoms with E-state index in [2.05, 4.69) is 5.32 Å². The van der Waals surface area contributed by atoms with Crippen LogP contribution in [0.25, 0.3) is 11.1 Å². The van der Waals surface area contributed by atoms with E-state index in [4.69, 9.17) is 21.4 Å². The molecule has 232 valence electrons. The number of rotatable bonds is 12. The third kappa shape index (κ3) is 7.37. The van der Waals surface area contributed by atoms with Crippen LogP contribution in [-0.2, 0) is 24.1 Å². The van der Waals surface area contributed by atoms with Crippen molar-refractivity contribution in [3.05, 3.63) is 121 Å². The second kappa shape index (κ2) is 13.9. The second-order valence-electron chi connectivity index (χ2n) is 9.87. The summed E-state index contributed by atoms with van der Waals surface area (Å²) in [6.45, 7) is -0.898. The lowest BCUT2D eigenvalue weighted by atomic mass is 10.0. The van der Waals surface area contributed by atoms with Gasteiger partial charge in [-0.15, -0.1) is 0 Å². The molecule has 0 saturated carbocycles. The van der Waals surface area contributed by atoms with Gasteiger partial charge in [-0.05, 0) is 36.7 Å². The lowest BCUT2D eigenvalue weighted by Crippen LogP contribution is -2.43. The van der Waals surface area contributed by atoms with Crippen molar-refractivity contribution in [1.82, 2.24) is 14.5 Å². The third-order valence-corrected chi connectivity index (χ3v) is 7.38. The maximum atomic E-state index is 14.9. The molecule has 4 rings (SSSR count). The zero-order valence-electron chi connectivity index (χ0n) is 23.4. The zero-order chi connectivity index (χ0) is 32.0. The highest BCUT2D eigenvalue weighted by molar-refractivity contribution is 6.34. The fourth-order valence-electron chi connectivity index (χ4n) is 4.82. The van der Waals surface area contributed by atoms with Gasteiger partial charge in [0.1, 0.15) is 11.6 Å². The Labute approximate surface area is 254 Å². The largest absolute Gasteiger partial charge is 0.495 e. The summed E-state index contributed by atoms with van der Waals surface area (Å²) < 4.78 is 63.3. The fraction of sp³-hybridized carbons (Fsp3) is 0.258. The molecule has 0 radical (unpaired) electrons. The van der Waals surface area contributed by atoms with Crippen molar-refractivity contribution in [3.63, 3.8) is 0 Å². The summed E-state index contributed by atoms with van der Waals surface area (Å²) in [4.78, 5) is 38.7. The predicted molar refractivity (Wildman–Crippen MR) is 157 cm³/mol. The van der Waals surface area contributed by atoms with Gasteiger partial charge in [0.2, 0.25) is 0 Å². The number of aromatic nitrogens is 2. The number of hydrogen-bond acceptors (Lipinski definition) is 5. The first-order valence-corrected chi connectivity index (χ1v) is 13.8. The Kier molecular flexibility index (Phi) is 10.3. The molecule has 1 atom stereocenters. The average Bonchev–Trinajstić information content (AvgIpc) is 2.98. The SMILES string of the molecule is COc1cccc(-c2cn(Cc3c(F)cccc3C(F)(F)F)c(=O)n(C[C@@H](NCCCC(=O)O)c3ccccc3)c2=O)c1Cl. The van der Waals surface area contributed by atoms with Crippen LogP contribution in [0.3, 0.4) is 0 Å². The minimum Gasteiger partial charge on any atom is -0.495 e. The lowest BCUT2D eigenvalue weighted by molar-refractivity contribution is -0.138. The van der Waals surface area contributed by atoms with E-state index in [1.54, 1.807) is 42.5 Å². The van der Waals surface area contributed by atoms with Gasteiger partial charge in [0.25, 0.3) is 5.56 Å². The molecule has 4 aromatic rings. The van der Waals surface area contributed by atoms with E-state index in [1.165, 1.54) is 13.2 Å². The molecule has 0 amide bonds. The number of ether oxygens (including phenoxy) is 1. The molecule has 0 fully saturated rings. The number of hydrogen-bond donors (Lipinski definition) is 2. The van der Waals surface area contributed by atoms with Crippen LogP contribution in [0.15, 0.2) is 82.5 Å². The Morgan fingerprint density at radius 1 is 1.02 bits per heavy atom. The van der Waals surface area contributed by atoms with Gasteiger partial charge >= 0.3 is 17.8 Å². The van der Waals surface area contributed by atoms with Crippen LogP contribution in [0.5, 0.6) is 5.75 Å². The highest BCUT2D eigenvalue weighted by atomic mass is 35.5. The highest BCUT2D eigenvalue weighted by Crippen LogP contribution is 2.35. The number of carboxylic acid groups (broad SMARTS) is 1. The van der Waals surface area contributed by atoms with Crippen LogP contribution in [0.2, 0.25) is 5.02 Å². The second-order valence-corrected chi connectivity index (χ2v) is 10.2. The number of aliphatic carboxylic acids is 1. The summed E-state index contributed by atoms with van der Waals surface area (Å²) in [5.41, 5.74) is -3.13. The topological polar surface area (TPSA) is 103 Å². The Morgan fingerprint density at radius 3 is 2.39 bits per heavy atom. The molecule has 3 aromatic carbocycles. The van der Waals surface area contributed by atoms with E-state index < -0.39 is 52.9 Å². The maximum Gasteiger partial charge on any atom is 0.416 e. The van der Waals surface area contributed by atoms with E-state index in [1.807, 2.05) is 0 Å². The van der Waals surface area contributed by atoms with Gasteiger partial charge in [-0.1, -0.05) is 60.1 Å². The molecule has 1 aromatic heterocycles. The van der Waals surface area contributed by atoms with Gasteiger partial charge in [0.05, 0.1) is 42.4 Å². The van der Waals surface area contributed by atoms with Crippen LogP contribution in [0.4, 0.5) is 17.6 Å². The number of methoxy groups -OCH3 is 1. The number of carboxylic acids is 1. The lowest BCUT2D eigenvalue weighted by Gasteiger charge is -2.22. The molecule has 1 heterocycles. The van der Waals surface area contributed by atoms with Crippen molar-refractivity contribution in [2.75, 3.05) is 13.7 Å². The van der Waals surface area contributed by atoms with Crippen molar-refractivity contribution < 1.29 is 32.2 Å². The number of carbonyl (C=O) groups is 1. The van der Waals surface area contributed by atoms with E-state index in [-0.39, 0.29) is 47.8 Å².